The van der Waals surface area contributed by atoms with Gasteiger partial charge in [0.1, 0.15) is 5.82 Å². The summed E-state index contributed by atoms with van der Waals surface area (Å²) in [6, 6.07) is 4.45. The number of hydrogen-bond acceptors (Lipinski definition) is 3. The van der Waals surface area contributed by atoms with Crippen LogP contribution in [0.25, 0.3) is 0 Å². The third kappa shape index (κ3) is 2.46. The highest BCUT2D eigenvalue weighted by molar-refractivity contribution is 5.49. The van der Waals surface area contributed by atoms with E-state index in [4.69, 9.17) is 5.73 Å². The average Bonchev–Trinajstić information content (AvgIpc) is 2.52. The van der Waals surface area contributed by atoms with Gasteiger partial charge in [0.15, 0.2) is 0 Å². The van der Waals surface area contributed by atoms with E-state index in [9.17, 15) is 0 Å². The van der Waals surface area contributed by atoms with Crippen molar-refractivity contribution in [2.75, 3.05) is 11.1 Å². The van der Waals surface area contributed by atoms with Crippen LogP contribution in [0.3, 0.4) is 0 Å². The highest BCUT2D eigenvalue weighted by Crippen LogP contribution is 2.38. The van der Waals surface area contributed by atoms with E-state index in [2.05, 4.69) is 24.1 Å². The molecule has 3 heteroatoms. The highest BCUT2D eigenvalue weighted by atomic mass is 15.0. The van der Waals surface area contributed by atoms with Gasteiger partial charge in [-0.15, -0.1) is 0 Å². The quantitative estimate of drug-likeness (QED) is 0.804. The molecule has 1 aliphatic rings. The molecule has 1 saturated carbocycles. The van der Waals surface area contributed by atoms with Crippen molar-refractivity contribution in [2.24, 2.45) is 5.41 Å². The maximum atomic E-state index is 5.75. The smallest absolute Gasteiger partial charge is 0.126 e. The largest absolute Gasteiger partial charge is 0.397 e. The van der Waals surface area contributed by atoms with E-state index in [1.165, 1.54) is 19.3 Å². The van der Waals surface area contributed by atoms with Crippen LogP contribution in [-0.4, -0.2) is 11.0 Å². The Morgan fingerprint density at radius 2 is 2.19 bits per heavy atom. The third-order valence-corrected chi connectivity index (χ3v) is 3.45. The van der Waals surface area contributed by atoms with E-state index in [1.54, 1.807) is 0 Å². The summed E-state index contributed by atoms with van der Waals surface area (Å²) in [5, 5.41) is 3.50. The van der Waals surface area contributed by atoms with Crippen molar-refractivity contribution in [2.45, 2.75) is 46.1 Å². The first-order valence-electron chi connectivity index (χ1n) is 5.96. The minimum absolute atomic E-state index is 0.473. The van der Waals surface area contributed by atoms with E-state index in [1.807, 2.05) is 19.1 Å². The number of anilines is 2. The summed E-state index contributed by atoms with van der Waals surface area (Å²) in [7, 11) is 0. The van der Waals surface area contributed by atoms with Gasteiger partial charge in [-0.05, 0) is 43.7 Å². The minimum Gasteiger partial charge on any atom is -0.397 e. The fraction of sp³-hybridized carbons (Fsp3) is 0.615. The van der Waals surface area contributed by atoms with Gasteiger partial charge in [-0.3, -0.25) is 0 Å². The number of pyridine rings is 1. The van der Waals surface area contributed by atoms with Gasteiger partial charge >= 0.3 is 0 Å². The van der Waals surface area contributed by atoms with Crippen molar-refractivity contribution < 1.29 is 0 Å². The summed E-state index contributed by atoms with van der Waals surface area (Å²) in [4.78, 5) is 4.45. The van der Waals surface area contributed by atoms with Crippen LogP contribution in [0.15, 0.2) is 12.1 Å². The Bertz CT molecular complexity index is 385. The lowest BCUT2D eigenvalue weighted by atomic mass is 9.92. The van der Waals surface area contributed by atoms with Crippen molar-refractivity contribution in [3.63, 3.8) is 0 Å². The molecule has 0 aromatic carbocycles. The zero-order valence-corrected chi connectivity index (χ0v) is 10.4. The molecular weight excluding hydrogens is 198 g/mol. The standard InChI is InChI=1S/C13H21N3/c1-9-11(14)4-5-12(15-9)16-10-6-7-13(2,3)8-10/h4-5,10H,6-8,14H2,1-3H3,(H,15,16). The lowest BCUT2D eigenvalue weighted by Crippen LogP contribution is -2.18. The Labute approximate surface area is 97.5 Å². The topological polar surface area (TPSA) is 50.9 Å². The van der Waals surface area contributed by atoms with Crippen LogP contribution in [0, 0.1) is 12.3 Å². The van der Waals surface area contributed by atoms with Crippen molar-refractivity contribution in [1.29, 1.82) is 0 Å². The Kier molecular flexibility index (Phi) is 2.78. The molecular formula is C13H21N3. The number of nitrogens with one attached hydrogen (secondary N) is 1. The average molecular weight is 219 g/mol. The fourth-order valence-electron chi connectivity index (χ4n) is 2.42. The van der Waals surface area contributed by atoms with Gasteiger partial charge in [-0.25, -0.2) is 4.98 Å². The Morgan fingerprint density at radius 3 is 2.75 bits per heavy atom. The zero-order valence-electron chi connectivity index (χ0n) is 10.4. The minimum atomic E-state index is 0.473. The Balaban J connectivity index is 2.02. The number of nitrogens with zero attached hydrogens (tertiary/aromatic N) is 1. The lowest BCUT2D eigenvalue weighted by molar-refractivity contribution is 0.378. The molecule has 0 bridgehead atoms. The summed E-state index contributed by atoms with van der Waals surface area (Å²) in [5.74, 6) is 0.953. The van der Waals surface area contributed by atoms with E-state index >= 15 is 0 Å². The van der Waals surface area contributed by atoms with Gasteiger partial charge in [0.2, 0.25) is 0 Å². The number of rotatable bonds is 2. The number of nitrogen functional groups attached to an aromatic ring is 1. The summed E-state index contributed by atoms with van der Waals surface area (Å²) in [6.45, 7) is 6.60. The number of nitrogens with two attached hydrogens (primary N) is 1. The molecule has 2 rings (SSSR count). The second-order valence-electron chi connectivity index (χ2n) is 5.62. The van der Waals surface area contributed by atoms with E-state index in [0.29, 0.717) is 11.5 Å². The normalized spacial score (nSPS) is 23.3. The first-order chi connectivity index (χ1) is 7.46. The van der Waals surface area contributed by atoms with Crippen molar-refractivity contribution >= 4 is 11.5 Å². The van der Waals surface area contributed by atoms with Crippen LogP contribution >= 0.6 is 0 Å². The fourth-order valence-corrected chi connectivity index (χ4v) is 2.42. The number of aryl methyl sites for hydroxylation is 1. The van der Waals surface area contributed by atoms with Crippen LogP contribution in [0.1, 0.15) is 38.8 Å². The molecule has 88 valence electrons. The molecule has 0 radical (unpaired) electrons. The molecule has 3 nitrogen and oxygen atoms in total. The predicted molar refractivity (Wildman–Crippen MR) is 68.4 cm³/mol. The van der Waals surface area contributed by atoms with Crippen LogP contribution < -0.4 is 11.1 Å². The SMILES string of the molecule is Cc1nc(NC2CCC(C)(C)C2)ccc1N. The molecule has 1 aliphatic carbocycles. The zero-order chi connectivity index (χ0) is 11.8. The van der Waals surface area contributed by atoms with Gasteiger partial charge in [0.05, 0.1) is 11.4 Å². The summed E-state index contributed by atoms with van der Waals surface area (Å²) >= 11 is 0. The first-order valence-corrected chi connectivity index (χ1v) is 5.96. The van der Waals surface area contributed by atoms with Crippen LogP contribution in [0.2, 0.25) is 0 Å². The number of hydrogen-bond donors (Lipinski definition) is 2. The first kappa shape index (κ1) is 11.2. The molecule has 0 saturated heterocycles. The molecule has 1 atom stereocenters. The molecule has 0 amide bonds. The Hall–Kier alpha value is -1.25. The van der Waals surface area contributed by atoms with E-state index in [-0.39, 0.29) is 0 Å². The Morgan fingerprint density at radius 1 is 1.44 bits per heavy atom. The lowest BCUT2D eigenvalue weighted by Gasteiger charge is -2.18. The number of aromatic nitrogens is 1. The molecule has 1 unspecified atom stereocenters. The van der Waals surface area contributed by atoms with E-state index < -0.39 is 0 Å². The van der Waals surface area contributed by atoms with Gasteiger partial charge in [0, 0.05) is 6.04 Å². The van der Waals surface area contributed by atoms with Crippen molar-refractivity contribution in [3.05, 3.63) is 17.8 Å². The highest BCUT2D eigenvalue weighted by Gasteiger charge is 2.30. The third-order valence-electron chi connectivity index (χ3n) is 3.45. The molecule has 3 N–H and O–H groups in total. The summed E-state index contributed by atoms with van der Waals surface area (Å²) in [5.41, 5.74) is 7.89. The molecule has 0 aliphatic heterocycles. The molecule has 16 heavy (non-hydrogen) atoms. The van der Waals surface area contributed by atoms with Crippen LogP contribution in [0.5, 0.6) is 0 Å². The molecule has 1 fully saturated rings. The van der Waals surface area contributed by atoms with Crippen LogP contribution in [-0.2, 0) is 0 Å². The monoisotopic (exact) mass is 219 g/mol. The van der Waals surface area contributed by atoms with Gasteiger partial charge in [-0.1, -0.05) is 13.8 Å². The second kappa shape index (κ2) is 3.96. The van der Waals surface area contributed by atoms with Gasteiger partial charge < -0.3 is 11.1 Å². The molecule has 1 aromatic rings. The van der Waals surface area contributed by atoms with Crippen molar-refractivity contribution in [3.8, 4) is 0 Å². The van der Waals surface area contributed by atoms with Gasteiger partial charge in [0.25, 0.3) is 0 Å². The maximum absolute atomic E-state index is 5.75. The van der Waals surface area contributed by atoms with Crippen LogP contribution in [0.4, 0.5) is 11.5 Å². The maximum Gasteiger partial charge on any atom is 0.126 e. The molecule has 1 aromatic heterocycles. The van der Waals surface area contributed by atoms with Gasteiger partial charge in [-0.2, -0.15) is 0 Å². The van der Waals surface area contributed by atoms with Crippen molar-refractivity contribution in [1.82, 2.24) is 4.98 Å². The summed E-state index contributed by atoms with van der Waals surface area (Å²) < 4.78 is 0. The van der Waals surface area contributed by atoms with E-state index in [0.717, 1.165) is 17.2 Å². The molecule has 1 heterocycles. The predicted octanol–water partition coefficient (Wildman–Crippen LogP) is 2.96. The second-order valence-corrected chi connectivity index (χ2v) is 5.62. The summed E-state index contributed by atoms with van der Waals surface area (Å²) in [6.07, 6.45) is 3.74. The molecule has 0 spiro atoms.